The number of rotatable bonds is 5. The van der Waals surface area contributed by atoms with Crippen LogP contribution in [-0.4, -0.2) is 32.6 Å². The van der Waals surface area contributed by atoms with Gasteiger partial charge in [-0.2, -0.15) is 0 Å². The number of methoxy groups -OCH3 is 2. The minimum Gasteiger partial charge on any atom is -0.495 e. The summed E-state index contributed by atoms with van der Waals surface area (Å²) in [4.78, 5) is 26.6. The average molecular weight is 340 g/mol. The molecular weight excluding hydrogens is 320 g/mol. The highest BCUT2D eigenvalue weighted by molar-refractivity contribution is 6.04. The predicted molar refractivity (Wildman–Crippen MR) is 95.1 cm³/mol. The van der Waals surface area contributed by atoms with Gasteiger partial charge in [-0.25, -0.2) is 0 Å². The van der Waals surface area contributed by atoms with Gasteiger partial charge >= 0.3 is 0 Å². The highest BCUT2D eigenvalue weighted by atomic mass is 16.5. The molecule has 6 nitrogen and oxygen atoms in total. The summed E-state index contributed by atoms with van der Waals surface area (Å²) >= 11 is 0. The van der Waals surface area contributed by atoms with Crippen molar-refractivity contribution in [2.75, 3.05) is 31.0 Å². The molecule has 0 saturated carbocycles. The fourth-order valence-corrected chi connectivity index (χ4v) is 2.95. The van der Waals surface area contributed by atoms with Crippen LogP contribution < -0.4 is 19.7 Å². The summed E-state index contributed by atoms with van der Waals surface area (Å²) in [5, 5.41) is 2.85. The third kappa shape index (κ3) is 3.42. The van der Waals surface area contributed by atoms with Crippen LogP contribution in [-0.2, 0) is 9.59 Å². The maximum absolute atomic E-state index is 12.6. The van der Waals surface area contributed by atoms with Gasteiger partial charge in [0.15, 0.2) is 0 Å². The van der Waals surface area contributed by atoms with Crippen LogP contribution in [0, 0.1) is 5.92 Å². The van der Waals surface area contributed by atoms with Crippen molar-refractivity contribution in [1.29, 1.82) is 0 Å². The molecule has 1 N–H and O–H groups in total. The molecule has 2 aromatic carbocycles. The smallest absolute Gasteiger partial charge is 0.229 e. The van der Waals surface area contributed by atoms with Gasteiger partial charge in [0.2, 0.25) is 11.8 Å². The van der Waals surface area contributed by atoms with E-state index in [1.165, 1.54) is 0 Å². The first-order valence-electron chi connectivity index (χ1n) is 8.01. The Morgan fingerprint density at radius 1 is 1.04 bits per heavy atom. The second-order valence-corrected chi connectivity index (χ2v) is 5.77. The average Bonchev–Trinajstić information content (AvgIpc) is 3.03. The molecule has 0 radical (unpaired) electrons. The Bertz CT molecular complexity index is 790. The largest absolute Gasteiger partial charge is 0.495 e. The molecule has 6 heteroatoms. The molecule has 0 aromatic heterocycles. The predicted octanol–water partition coefficient (Wildman–Crippen LogP) is 2.70. The van der Waals surface area contributed by atoms with Gasteiger partial charge < -0.3 is 19.7 Å². The fourth-order valence-electron chi connectivity index (χ4n) is 2.95. The first kappa shape index (κ1) is 16.8. The van der Waals surface area contributed by atoms with E-state index < -0.39 is 5.92 Å². The van der Waals surface area contributed by atoms with Crippen LogP contribution in [0.5, 0.6) is 11.5 Å². The van der Waals surface area contributed by atoms with Crippen molar-refractivity contribution in [2.45, 2.75) is 6.42 Å². The van der Waals surface area contributed by atoms with Gasteiger partial charge in [0.25, 0.3) is 0 Å². The number of ether oxygens (including phenoxy) is 2. The number of hydrogen-bond donors (Lipinski definition) is 1. The molecule has 1 aliphatic rings. The molecule has 130 valence electrons. The van der Waals surface area contributed by atoms with E-state index in [1.54, 1.807) is 37.3 Å². The molecule has 1 heterocycles. The van der Waals surface area contributed by atoms with Crippen molar-refractivity contribution in [3.63, 3.8) is 0 Å². The van der Waals surface area contributed by atoms with E-state index in [4.69, 9.17) is 9.47 Å². The summed E-state index contributed by atoms with van der Waals surface area (Å²) in [5.74, 6) is 0.477. The number of carbonyl (C=O) groups is 2. The molecule has 1 unspecified atom stereocenters. The summed E-state index contributed by atoms with van der Waals surface area (Å²) < 4.78 is 10.6. The van der Waals surface area contributed by atoms with Crippen LogP contribution in [0.2, 0.25) is 0 Å². The van der Waals surface area contributed by atoms with Crippen LogP contribution in [0.1, 0.15) is 6.42 Å². The maximum atomic E-state index is 12.6. The highest BCUT2D eigenvalue weighted by Crippen LogP contribution is 2.33. The summed E-state index contributed by atoms with van der Waals surface area (Å²) in [5.41, 5.74) is 1.28. The lowest BCUT2D eigenvalue weighted by molar-refractivity contribution is -0.122. The summed E-state index contributed by atoms with van der Waals surface area (Å²) in [6.45, 7) is 0.320. The standard InChI is InChI=1S/C19H20N2O4/c1-24-16-9-5-3-7-14(16)20-19(23)13-11-18(22)21(12-13)15-8-4-6-10-17(15)25-2/h3-10,13H,11-12H2,1-2H3,(H,20,23). The molecule has 1 atom stereocenters. The van der Waals surface area contributed by atoms with Gasteiger partial charge in [-0.15, -0.1) is 0 Å². The minimum absolute atomic E-state index is 0.0929. The Labute approximate surface area is 146 Å². The number of benzene rings is 2. The number of hydrogen-bond acceptors (Lipinski definition) is 4. The van der Waals surface area contributed by atoms with Crippen molar-refractivity contribution >= 4 is 23.2 Å². The van der Waals surface area contributed by atoms with Crippen molar-refractivity contribution in [3.8, 4) is 11.5 Å². The number of amides is 2. The van der Waals surface area contributed by atoms with E-state index in [0.717, 1.165) is 0 Å². The number of carbonyl (C=O) groups excluding carboxylic acids is 2. The van der Waals surface area contributed by atoms with E-state index in [9.17, 15) is 9.59 Å². The minimum atomic E-state index is -0.428. The maximum Gasteiger partial charge on any atom is 0.229 e. The highest BCUT2D eigenvalue weighted by Gasteiger charge is 2.36. The Hall–Kier alpha value is -3.02. The summed E-state index contributed by atoms with van der Waals surface area (Å²) in [6, 6.07) is 14.5. The molecule has 1 aliphatic heterocycles. The number of nitrogens with zero attached hydrogens (tertiary/aromatic N) is 1. The van der Waals surface area contributed by atoms with Gasteiger partial charge in [0.1, 0.15) is 11.5 Å². The van der Waals surface area contributed by atoms with Crippen LogP contribution in [0.3, 0.4) is 0 Å². The lowest BCUT2D eigenvalue weighted by Gasteiger charge is -2.19. The molecule has 0 bridgehead atoms. The van der Waals surface area contributed by atoms with Crippen LogP contribution in [0.15, 0.2) is 48.5 Å². The molecule has 2 amide bonds. The van der Waals surface area contributed by atoms with Gasteiger partial charge in [0.05, 0.1) is 31.5 Å². The van der Waals surface area contributed by atoms with Crippen LogP contribution in [0.4, 0.5) is 11.4 Å². The molecule has 1 fully saturated rings. The molecule has 0 aliphatic carbocycles. The first-order chi connectivity index (χ1) is 12.1. The van der Waals surface area contributed by atoms with E-state index in [2.05, 4.69) is 5.32 Å². The van der Waals surface area contributed by atoms with Gasteiger partial charge in [-0.1, -0.05) is 24.3 Å². The second kappa shape index (κ2) is 7.25. The van der Waals surface area contributed by atoms with Crippen molar-refractivity contribution in [1.82, 2.24) is 0 Å². The van der Waals surface area contributed by atoms with E-state index in [1.807, 2.05) is 30.3 Å². The van der Waals surface area contributed by atoms with Crippen molar-refractivity contribution in [3.05, 3.63) is 48.5 Å². The molecule has 25 heavy (non-hydrogen) atoms. The third-order valence-corrected chi connectivity index (χ3v) is 4.24. The Balaban J connectivity index is 1.75. The monoisotopic (exact) mass is 340 g/mol. The topological polar surface area (TPSA) is 67.9 Å². The van der Waals surface area contributed by atoms with Crippen molar-refractivity contribution < 1.29 is 19.1 Å². The van der Waals surface area contributed by atoms with Gasteiger partial charge in [0, 0.05) is 13.0 Å². The molecule has 3 rings (SSSR count). The molecular formula is C19H20N2O4. The lowest BCUT2D eigenvalue weighted by Crippen LogP contribution is -2.28. The molecule has 0 spiro atoms. The normalized spacial score (nSPS) is 16.6. The number of anilines is 2. The van der Waals surface area contributed by atoms with Crippen LogP contribution in [0.25, 0.3) is 0 Å². The zero-order valence-corrected chi connectivity index (χ0v) is 14.2. The van der Waals surface area contributed by atoms with Crippen LogP contribution >= 0.6 is 0 Å². The van der Waals surface area contributed by atoms with Gasteiger partial charge in [-0.3, -0.25) is 9.59 Å². The first-order valence-corrected chi connectivity index (χ1v) is 8.01. The Morgan fingerprint density at radius 2 is 1.68 bits per heavy atom. The zero-order chi connectivity index (χ0) is 17.8. The second-order valence-electron chi connectivity index (χ2n) is 5.77. The van der Waals surface area contributed by atoms with E-state index in [0.29, 0.717) is 29.4 Å². The quantitative estimate of drug-likeness (QED) is 0.909. The number of para-hydroxylation sites is 4. The summed E-state index contributed by atoms with van der Waals surface area (Å²) in [6.07, 6.45) is 0.166. The Kier molecular flexibility index (Phi) is 4.88. The van der Waals surface area contributed by atoms with E-state index in [-0.39, 0.29) is 18.2 Å². The Morgan fingerprint density at radius 3 is 2.40 bits per heavy atom. The summed E-state index contributed by atoms with van der Waals surface area (Å²) in [7, 11) is 3.11. The third-order valence-electron chi connectivity index (χ3n) is 4.24. The lowest BCUT2D eigenvalue weighted by atomic mass is 10.1. The van der Waals surface area contributed by atoms with Crippen molar-refractivity contribution in [2.24, 2.45) is 5.92 Å². The fraction of sp³-hybridized carbons (Fsp3) is 0.263. The van der Waals surface area contributed by atoms with E-state index >= 15 is 0 Å². The SMILES string of the molecule is COc1ccccc1NC(=O)C1CC(=O)N(c2ccccc2OC)C1. The number of nitrogens with one attached hydrogen (secondary N) is 1. The zero-order valence-electron chi connectivity index (χ0n) is 14.2. The molecule has 2 aromatic rings. The molecule has 1 saturated heterocycles. The van der Waals surface area contributed by atoms with Gasteiger partial charge in [-0.05, 0) is 24.3 Å².